The van der Waals surface area contributed by atoms with Crippen molar-refractivity contribution in [2.45, 2.75) is 12.1 Å². The fraction of sp³-hybridized carbons (Fsp3) is 0.120. The smallest absolute Gasteiger partial charge is 0.248 e. The van der Waals surface area contributed by atoms with Crippen molar-refractivity contribution in [3.63, 3.8) is 0 Å². The molecule has 0 saturated carbocycles. The molecule has 3 aromatic carbocycles. The number of nitrogens with one attached hydrogen (secondary N) is 1. The Bertz CT molecular complexity index is 1340. The standard InChI is InChI=1S/C25H22ClN5O3S/c1-2-34-21-12-10-20(11-13-21)31-24(17-4-3-5-18(26)14-17)29-30-25(31)35-15-22(32)28-19-8-6-16(7-9-19)23(27)33/h3-14H,2,15H2,1H3,(H2,27,33)(H,28,32). The van der Waals surface area contributed by atoms with Gasteiger partial charge in [0.2, 0.25) is 11.8 Å². The van der Waals surface area contributed by atoms with Gasteiger partial charge in [0.05, 0.1) is 12.4 Å². The molecule has 0 spiro atoms. The van der Waals surface area contributed by atoms with E-state index >= 15 is 0 Å². The van der Waals surface area contributed by atoms with E-state index in [-0.39, 0.29) is 11.7 Å². The molecule has 0 unspecified atom stereocenters. The molecule has 178 valence electrons. The molecule has 0 fully saturated rings. The van der Waals surface area contributed by atoms with E-state index in [1.807, 2.05) is 54.0 Å². The van der Waals surface area contributed by atoms with Crippen molar-refractivity contribution in [3.05, 3.63) is 83.4 Å². The van der Waals surface area contributed by atoms with Crippen molar-refractivity contribution in [2.75, 3.05) is 17.7 Å². The number of hydrogen-bond donors (Lipinski definition) is 2. The van der Waals surface area contributed by atoms with Crippen molar-refractivity contribution in [2.24, 2.45) is 5.73 Å². The fourth-order valence-electron chi connectivity index (χ4n) is 3.31. The summed E-state index contributed by atoms with van der Waals surface area (Å²) in [5, 5.41) is 12.6. The van der Waals surface area contributed by atoms with E-state index in [9.17, 15) is 9.59 Å². The normalized spacial score (nSPS) is 10.7. The highest BCUT2D eigenvalue weighted by Crippen LogP contribution is 2.30. The van der Waals surface area contributed by atoms with Gasteiger partial charge in [0, 0.05) is 27.5 Å². The third kappa shape index (κ3) is 6.00. The number of carbonyl (C=O) groups excluding carboxylic acids is 2. The van der Waals surface area contributed by atoms with Crippen molar-refractivity contribution in [3.8, 4) is 22.8 Å². The summed E-state index contributed by atoms with van der Waals surface area (Å²) in [7, 11) is 0. The number of aromatic nitrogens is 3. The molecule has 2 amide bonds. The molecule has 3 N–H and O–H groups in total. The Balaban J connectivity index is 1.57. The second kappa shape index (κ2) is 11.1. The van der Waals surface area contributed by atoms with Gasteiger partial charge in [-0.15, -0.1) is 10.2 Å². The summed E-state index contributed by atoms with van der Waals surface area (Å²) in [4.78, 5) is 23.8. The second-order valence-electron chi connectivity index (χ2n) is 7.36. The highest BCUT2D eigenvalue weighted by molar-refractivity contribution is 7.99. The molecule has 35 heavy (non-hydrogen) atoms. The number of anilines is 1. The van der Waals surface area contributed by atoms with Crippen LogP contribution >= 0.6 is 23.4 Å². The minimum absolute atomic E-state index is 0.0995. The van der Waals surface area contributed by atoms with Crippen molar-refractivity contribution < 1.29 is 14.3 Å². The van der Waals surface area contributed by atoms with Gasteiger partial charge in [0.15, 0.2) is 11.0 Å². The van der Waals surface area contributed by atoms with E-state index < -0.39 is 5.91 Å². The molecule has 4 rings (SSSR count). The van der Waals surface area contributed by atoms with Gasteiger partial charge in [0.25, 0.3) is 0 Å². The average Bonchev–Trinajstić information content (AvgIpc) is 3.28. The molecule has 0 radical (unpaired) electrons. The van der Waals surface area contributed by atoms with Crippen LogP contribution in [0.2, 0.25) is 5.02 Å². The van der Waals surface area contributed by atoms with Gasteiger partial charge in [-0.05, 0) is 67.6 Å². The minimum atomic E-state index is -0.525. The first kappa shape index (κ1) is 24.3. The molecule has 8 nitrogen and oxygen atoms in total. The fourth-order valence-corrected chi connectivity index (χ4v) is 4.26. The van der Waals surface area contributed by atoms with Crippen LogP contribution < -0.4 is 15.8 Å². The lowest BCUT2D eigenvalue weighted by atomic mass is 10.2. The van der Waals surface area contributed by atoms with E-state index in [1.54, 1.807) is 30.3 Å². The summed E-state index contributed by atoms with van der Waals surface area (Å²) in [5.41, 5.74) is 7.80. The van der Waals surface area contributed by atoms with E-state index in [4.69, 9.17) is 22.1 Å². The van der Waals surface area contributed by atoms with Crippen LogP contribution in [-0.4, -0.2) is 38.9 Å². The first-order valence-electron chi connectivity index (χ1n) is 10.7. The second-order valence-corrected chi connectivity index (χ2v) is 8.74. The van der Waals surface area contributed by atoms with E-state index in [2.05, 4.69) is 15.5 Å². The SMILES string of the molecule is CCOc1ccc(-n2c(SCC(=O)Nc3ccc(C(N)=O)cc3)nnc2-c2cccc(Cl)c2)cc1. The Morgan fingerprint density at radius 1 is 1.06 bits per heavy atom. The summed E-state index contributed by atoms with van der Waals surface area (Å²) in [6.07, 6.45) is 0. The summed E-state index contributed by atoms with van der Waals surface area (Å²) < 4.78 is 7.43. The largest absolute Gasteiger partial charge is 0.494 e. The lowest BCUT2D eigenvalue weighted by molar-refractivity contribution is -0.113. The Kier molecular flexibility index (Phi) is 7.69. The maximum absolute atomic E-state index is 12.6. The topological polar surface area (TPSA) is 112 Å². The number of rotatable bonds is 9. The number of nitrogens with two attached hydrogens (primary N) is 1. The molecular weight excluding hydrogens is 486 g/mol. The highest BCUT2D eigenvalue weighted by Gasteiger charge is 2.18. The number of thioether (sulfide) groups is 1. The van der Waals surface area contributed by atoms with Crippen molar-refractivity contribution in [1.82, 2.24) is 14.8 Å². The van der Waals surface area contributed by atoms with Gasteiger partial charge in [0.1, 0.15) is 5.75 Å². The number of nitrogens with zero attached hydrogens (tertiary/aromatic N) is 3. The summed E-state index contributed by atoms with van der Waals surface area (Å²) in [5.74, 6) is 0.698. The molecule has 0 aliphatic carbocycles. The molecule has 1 heterocycles. The van der Waals surface area contributed by atoms with Gasteiger partial charge < -0.3 is 15.8 Å². The molecule has 4 aromatic rings. The molecule has 1 aromatic heterocycles. The van der Waals surface area contributed by atoms with Crippen LogP contribution in [0.1, 0.15) is 17.3 Å². The maximum atomic E-state index is 12.6. The van der Waals surface area contributed by atoms with Gasteiger partial charge in [-0.1, -0.05) is 35.5 Å². The Morgan fingerprint density at radius 3 is 2.46 bits per heavy atom. The number of benzene rings is 3. The van der Waals surface area contributed by atoms with Gasteiger partial charge in [-0.3, -0.25) is 14.2 Å². The van der Waals surface area contributed by atoms with Gasteiger partial charge >= 0.3 is 0 Å². The molecule has 10 heteroatoms. The van der Waals surface area contributed by atoms with Gasteiger partial charge in [-0.2, -0.15) is 0 Å². The number of carbonyl (C=O) groups is 2. The number of halogens is 1. The molecular formula is C25H22ClN5O3S. The van der Waals surface area contributed by atoms with Crippen LogP contribution in [0.3, 0.4) is 0 Å². The lowest BCUT2D eigenvalue weighted by Crippen LogP contribution is -2.15. The van der Waals surface area contributed by atoms with E-state index in [0.29, 0.717) is 33.9 Å². The molecule has 0 aliphatic rings. The monoisotopic (exact) mass is 507 g/mol. The third-order valence-corrected chi connectivity index (χ3v) is 6.07. The number of hydrogen-bond acceptors (Lipinski definition) is 6. The quantitative estimate of drug-likeness (QED) is 0.314. The Morgan fingerprint density at radius 2 is 1.80 bits per heavy atom. The molecule has 0 saturated heterocycles. The zero-order chi connectivity index (χ0) is 24.8. The predicted octanol–water partition coefficient (Wildman–Crippen LogP) is 4.82. The first-order valence-corrected chi connectivity index (χ1v) is 12.1. The van der Waals surface area contributed by atoms with Crippen LogP contribution in [0.4, 0.5) is 5.69 Å². The Labute approximate surface area is 211 Å². The van der Waals surface area contributed by atoms with E-state index in [1.165, 1.54) is 11.8 Å². The van der Waals surface area contributed by atoms with Crippen LogP contribution in [-0.2, 0) is 4.79 Å². The minimum Gasteiger partial charge on any atom is -0.494 e. The zero-order valence-corrected chi connectivity index (χ0v) is 20.3. The van der Waals surface area contributed by atoms with Crippen LogP contribution in [0.25, 0.3) is 17.1 Å². The summed E-state index contributed by atoms with van der Waals surface area (Å²) in [6, 6.07) is 21.3. The zero-order valence-electron chi connectivity index (χ0n) is 18.8. The van der Waals surface area contributed by atoms with Crippen LogP contribution in [0, 0.1) is 0 Å². The van der Waals surface area contributed by atoms with Crippen molar-refractivity contribution in [1.29, 1.82) is 0 Å². The lowest BCUT2D eigenvalue weighted by Gasteiger charge is -2.12. The number of amides is 2. The summed E-state index contributed by atoms with van der Waals surface area (Å²) >= 11 is 7.45. The average molecular weight is 508 g/mol. The number of ether oxygens (including phenoxy) is 1. The van der Waals surface area contributed by atoms with Crippen molar-refractivity contribution >= 4 is 40.9 Å². The molecule has 0 bridgehead atoms. The highest BCUT2D eigenvalue weighted by atomic mass is 35.5. The molecule has 0 aliphatic heterocycles. The number of primary amides is 1. The van der Waals surface area contributed by atoms with E-state index in [0.717, 1.165) is 17.0 Å². The maximum Gasteiger partial charge on any atom is 0.248 e. The van der Waals surface area contributed by atoms with Gasteiger partial charge in [-0.25, -0.2) is 0 Å². The van der Waals surface area contributed by atoms with Crippen LogP contribution in [0.5, 0.6) is 5.75 Å². The predicted molar refractivity (Wildman–Crippen MR) is 137 cm³/mol. The Hall–Kier alpha value is -3.82. The first-order chi connectivity index (χ1) is 16.9. The summed E-state index contributed by atoms with van der Waals surface area (Å²) in [6.45, 7) is 2.50. The van der Waals surface area contributed by atoms with Crippen LogP contribution in [0.15, 0.2) is 78.0 Å². The molecule has 0 atom stereocenters. The third-order valence-electron chi connectivity index (χ3n) is 4.91.